The Balaban J connectivity index is 1.85. The van der Waals surface area contributed by atoms with Gasteiger partial charge in [0.1, 0.15) is 16.7 Å². The number of aliphatic carboxylic acids is 1. The summed E-state index contributed by atoms with van der Waals surface area (Å²) in [5.74, 6) is -3.42. The van der Waals surface area contributed by atoms with Crippen molar-refractivity contribution >= 4 is 23.2 Å². The topological polar surface area (TPSA) is 70.5 Å². The Hall–Kier alpha value is -2.35. The van der Waals surface area contributed by atoms with E-state index in [2.05, 4.69) is 4.98 Å². The molecule has 1 aromatic heterocycles. The molecule has 1 atom stereocenters. The predicted molar refractivity (Wildman–Crippen MR) is 83.8 cm³/mol. The average Bonchev–Trinajstić information content (AvgIpc) is 3.06. The van der Waals surface area contributed by atoms with E-state index < -0.39 is 29.6 Å². The summed E-state index contributed by atoms with van der Waals surface area (Å²) in [7, 11) is 0. The van der Waals surface area contributed by atoms with Crippen molar-refractivity contribution in [2.45, 2.75) is 25.3 Å². The van der Waals surface area contributed by atoms with Gasteiger partial charge in [0.2, 0.25) is 0 Å². The first-order valence-electron chi connectivity index (χ1n) is 7.42. The molecule has 1 N–H and O–H groups in total. The van der Waals surface area contributed by atoms with Gasteiger partial charge in [-0.25, -0.2) is 18.6 Å². The number of hydrogen-bond acceptors (Lipinski definition) is 4. The fraction of sp³-hybridized carbons (Fsp3) is 0.312. The first-order chi connectivity index (χ1) is 11.5. The van der Waals surface area contributed by atoms with E-state index in [1.807, 2.05) is 0 Å². The van der Waals surface area contributed by atoms with Gasteiger partial charge in [0.25, 0.3) is 5.91 Å². The fourth-order valence-corrected chi connectivity index (χ4v) is 3.50. The number of hydrogen-bond donors (Lipinski definition) is 1. The molecule has 0 aliphatic carbocycles. The molecule has 1 unspecified atom stereocenters. The lowest BCUT2D eigenvalue weighted by Crippen LogP contribution is -2.48. The first kappa shape index (κ1) is 16.5. The van der Waals surface area contributed by atoms with Gasteiger partial charge in [-0.15, -0.1) is 11.3 Å². The van der Waals surface area contributed by atoms with Crippen LogP contribution < -0.4 is 0 Å². The minimum atomic E-state index is -1.03. The van der Waals surface area contributed by atoms with E-state index in [0.717, 1.165) is 36.3 Å². The van der Waals surface area contributed by atoms with Gasteiger partial charge < -0.3 is 10.0 Å². The van der Waals surface area contributed by atoms with Crippen molar-refractivity contribution in [3.8, 4) is 10.6 Å². The summed E-state index contributed by atoms with van der Waals surface area (Å²) < 4.78 is 26.3. The molecule has 0 saturated carbocycles. The third-order valence-electron chi connectivity index (χ3n) is 3.94. The second-order valence-electron chi connectivity index (χ2n) is 5.52. The van der Waals surface area contributed by atoms with Crippen LogP contribution in [0.4, 0.5) is 8.78 Å². The summed E-state index contributed by atoms with van der Waals surface area (Å²) in [6, 6.07) is 2.55. The zero-order valence-corrected chi connectivity index (χ0v) is 13.4. The van der Waals surface area contributed by atoms with Crippen LogP contribution in [0.15, 0.2) is 23.6 Å². The predicted octanol–water partition coefficient (Wildman–Crippen LogP) is 3.17. The van der Waals surface area contributed by atoms with Gasteiger partial charge in [0.15, 0.2) is 11.6 Å². The monoisotopic (exact) mass is 352 g/mol. The molecule has 5 nitrogen and oxygen atoms in total. The molecule has 1 amide bonds. The molecule has 1 aliphatic rings. The van der Waals surface area contributed by atoms with Crippen LogP contribution in [0, 0.1) is 11.6 Å². The highest BCUT2D eigenvalue weighted by Gasteiger charge is 2.33. The van der Waals surface area contributed by atoms with E-state index in [9.17, 15) is 23.5 Å². The standard InChI is InChI=1S/C16H14F2N2O3S/c17-10-5-4-9(7-11(10)18)14-19-12(8-24-14)15(21)20-6-2-1-3-13(20)16(22)23/h4-5,7-8,13H,1-3,6H2,(H,22,23). The summed E-state index contributed by atoms with van der Waals surface area (Å²) in [4.78, 5) is 29.3. The average molecular weight is 352 g/mol. The number of halogens is 2. The van der Waals surface area contributed by atoms with Crippen LogP contribution in [-0.4, -0.2) is 39.5 Å². The second-order valence-corrected chi connectivity index (χ2v) is 6.37. The van der Waals surface area contributed by atoms with E-state index in [1.54, 1.807) is 0 Å². The number of carbonyl (C=O) groups excluding carboxylic acids is 1. The minimum absolute atomic E-state index is 0.118. The largest absolute Gasteiger partial charge is 0.480 e. The van der Waals surface area contributed by atoms with Crippen molar-refractivity contribution in [1.82, 2.24) is 9.88 Å². The molecular formula is C16H14F2N2O3S. The molecule has 0 bridgehead atoms. The number of rotatable bonds is 3. The highest BCUT2D eigenvalue weighted by atomic mass is 32.1. The van der Waals surface area contributed by atoms with Gasteiger partial charge in [0.05, 0.1) is 0 Å². The Morgan fingerprint density at radius 3 is 2.75 bits per heavy atom. The SMILES string of the molecule is O=C(O)C1CCCCN1C(=O)c1csc(-c2ccc(F)c(F)c2)n1. The third-order valence-corrected chi connectivity index (χ3v) is 4.83. The van der Waals surface area contributed by atoms with Crippen LogP contribution in [0.5, 0.6) is 0 Å². The molecule has 0 radical (unpaired) electrons. The number of piperidine rings is 1. The zero-order valence-electron chi connectivity index (χ0n) is 12.5. The number of carboxylic acids is 1. The normalized spacial score (nSPS) is 17.8. The van der Waals surface area contributed by atoms with Crippen LogP contribution in [0.3, 0.4) is 0 Å². The number of carbonyl (C=O) groups is 2. The van der Waals surface area contributed by atoms with Crippen molar-refractivity contribution in [2.75, 3.05) is 6.54 Å². The maximum Gasteiger partial charge on any atom is 0.326 e. The van der Waals surface area contributed by atoms with Crippen LogP contribution in [0.1, 0.15) is 29.8 Å². The van der Waals surface area contributed by atoms with Gasteiger partial charge in [-0.05, 0) is 37.5 Å². The number of benzene rings is 1. The molecular weight excluding hydrogens is 338 g/mol. The number of amides is 1. The summed E-state index contributed by atoms with van der Waals surface area (Å²) in [5, 5.41) is 11.1. The highest BCUT2D eigenvalue weighted by molar-refractivity contribution is 7.13. The maximum atomic E-state index is 13.3. The molecule has 1 saturated heterocycles. The molecule has 2 heterocycles. The van der Waals surface area contributed by atoms with Crippen molar-refractivity contribution < 1.29 is 23.5 Å². The van der Waals surface area contributed by atoms with Gasteiger partial charge in [0, 0.05) is 17.5 Å². The third kappa shape index (κ3) is 3.14. The van der Waals surface area contributed by atoms with Crippen molar-refractivity contribution in [1.29, 1.82) is 0 Å². The van der Waals surface area contributed by atoms with E-state index >= 15 is 0 Å². The number of thiazole rings is 1. The molecule has 0 spiro atoms. The maximum absolute atomic E-state index is 13.3. The quantitative estimate of drug-likeness (QED) is 0.921. The van der Waals surface area contributed by atoms with Crippen LogP contribution in [0.2, 0.25) is 0 Å². The van der Waals surface area contributed by atoms with Gasteiger partial charge in [-0.3, -0.25) is 4.79 Å². The number of likely N-dealkylation sites (tertiary alicyclic amines) is 1. The lowest BCUT2D eigenvalue weighted by Gasteiger charge is -2.32. The van der Waals surface area contributed by atoms with Crippen LogP contribution in [-0.2, 0) is 4.79 Å². The number of carboxylic acid groups (broad SMARTS) is 1. The lowest BCUT2D eigenvalue weighted by atomic mass is 10.0. The number of nitrogens with zero attached hydrogens (tertiary/aromatic N) is 2. The number of aromatic nitrogens is 1. The van der Waals surface area contributed by atoms with Crippen molar-refractivity contribution in [3.05, 3.63) is 40.9 Å². The molecule has 126 valence electrons. The van der Waals surface area contributed by atoms with E-state index in [-0.39, 0.29) is 5.69 Å². The molecule has 24 heavy (non-hydrogen) atoms. The summed E-state index contributed by atoms with van der Waals surface area (Å²) >= 11 is 1.12. The molecule has 8 heteroatoms. The zero-order chi connectivity index (χ0) is 17.3. The smallest absolute Gasteiger partial charge is 0.326 e. The van der Waals surface area contributed by atoms with Gasteiger partial charge in [-0.2, -0.15) is 0 Å². The summed E-state index contributed by atoms with van der Waals surface area (Å²) in [6.07, 6.45) is 1.93. The highest BCUT2D eigenvalue weighted by Crippen LogP contribution is 2.27. The second kappa shape index (κ2) is 6.64. The molecule has 1 fully saturated rings. The Labute approximate surface area is 140 Å². The van der Waals surface area contributed by atoms with Gasteiger partial charge in [-0.1, -0.05) is 0 Å². The molecule has 1 aromatic carbocycles. The van der Waals surface area contributed by atoms with Crippen LogP contribution >= 0.6 is 11.3 Å². The Morgan fingerprint density at radius 1 is 1.25 bits per heavy atom. The molecule has 3 rings (SSSR count). The Bertz CT molecular complexity index is 793. The first-order valence-corrected chi connectivity index (χ1v) is 8.30. The summed E-state index contributed by atoms with van der Waals surface area (Å²) in [5.41, 5.74) is 0.485. The Morgan fingerprint density at radius 2 is 2.04 bits per heavy atom. The van der Waals surface area contributed by atoms with Crippen molar-refractivity contribution in [2.24, 2.45) is 0 Å². The van der Waals surface area contributed by atoms with E-state index in [1.165, 1.54) is 16.3 Å². The summed E-state index contributed by atoms with van der Waals surface area (Å²) in [6.45, 7) is 0.369. The van der Waals surface area contributed by atoms with E-state index in [0.29, 0.717) is 23.5 Å². The lowest BCUT2D eigenvalue weighted by molar-refractivity contribution is -0.143. The van der Waals surface area contributed by atoms with Crippen molar-refractivity contribution in [3.63, 3.8) is 0 Å². The van der Waals surface area contributed by atoms with Gasteiger partial charge >= 0.3 is 5.97 Å². The van der Waals surface area contributed by atoms with E-state index in [4.69, 9.17) is 0 Å². The minimum Gasteiger partial charge on any atom is -0.480 e. The fourth-order valence-electron chi connectivity index (χ4n) is 2.71. The molecule has 1 aliphatic heterocycles. The Kier molecular flexibility index (Phi) is 4.57. The molecule has 2 aromatic rings. The van der Waals surface area contributed by atoms with Crippen LogP contribution in [0.25, 0.3) is 10.6 Å².